The number of alkyl halides is 2. The van der Waals surface area contributed by atoms with Gasteiger partial charge in [-0.2, -0.15) is 5.10 Å². The first-order chi connectivity index (χ1) is 8.46. The maximum Gasteiger partial charge on any atom is 0.335 e. The van der Waals surface area contributed by atoms with Crippen LogP contribution in [0.15, 0.2) is 24.4 Å². The summed E-state index contributed by atoms with van der Waals surface area (Å²) in [5, 5.41) is 13.0. The van der Waals surface area contributed by atoms with Crippen LogP contribution in [0, 0.1) is 0 Å². The van der Waals surface area contributed by atoms with Crippen molar-refractivity contribution in [2.75, 3.05) is 18.0 Å². The van der Waals surface area contributed by atoms with E-state index in [0.717, 1.165) is 0 Å². The van der Waals surface area contributed by atoms with Crippen LogP contribution in [0.5, 0.6) is 0 Å². The first-order valence-corrected chi connectivity index (χ1v) is 5.30. The molecule has 3 heterocycles. The smallest absolute Gasteiger partial charge is 0.335 e. The number of carboxylic acids is 1. The summed E-state index contributed by atoms with van der Waals surface area (Å²) in [6.07, 6.45) is 1.50. The molecule has 0 aromatic carbocycles. The van der Waals surface area contributed by atoms with Gasteiger partial charge in [-0.15, -0.1) is 0 Å². The average Bonchev–Trinajstić information content (AvgIpc) is 2.71. The fraction of sp³-hybridized carbons (Fsp3) is 0.273. The molecule has 2 aromatic rings. The molecule has 0 unspecified atom stereocenters. The predicted molar refractivity (Wildman–Crippen MR) is 59.3 cm³/mol. The van der Waals surface area contributed by atoms with E-state index >= 15 is 0 Å². The molecule has 0 atom stereocenters. The van der Waals surface area contributed by atoms with Crippen LogP contribution in [0.2, 0.25) is 0 Å². The fourth-order valence-electron chi connectivity index (χ4n) is 2.04. The van der Waals surface area contributed by atoms with Gasteiger partial charge in [0.05, 0.1) is 30.4 Å². The molecule has 2 aromatic heterocycles. The number of nitrogens with zero attached hydrogens (tertiary/aromatic N) is 3. The van der Waals surface area contributed by atoms with Gasteiger partial charge in [-0.25, -0.2) is 18.1 Å². The molecule has 3 rings (SSSR count). The molecule has 1 aliphatic rings. The quantitative estimate of drug-likeness (QED) is 0.880. The predicted octanol–water partition coefficient (Wildman–Crippen LogP) is 1.49. The number of fused-ring (bicyclic) bond motifs is 1. The van der Waals surface area contributed by atoms with E-state index in [1.54, 1.807) is 6.07 Å². The number of hydrogen-bond donors (Lipinski definition) is 1. The summed E-state index contributed by atoms with van der Waals surface area (Å²) in [6.45, 7) is -0.823. The van der Waals surface area contributed by atoms with Crippen molar-refractivity contribution in [2.24, 2.45) is 0 Å². The van der Waals surface area contributed by atoms with Gasteiger partial charge in [-0.05, 0) is 18.2 Å². The second-order valence-corrected chi connectivity index (χ2v) is 4.29. The highest BCUT2D eigenvalue weighted by Crippen LogP contribution is 2.32. The number of pyridine rings is 1. The molecule has 7 heteroatoms. The zero-order chi connectivity index (χ0) is 12.9. The van der Waals surface area contributed by atoms with Gasteiger partial charge in [0.25, 0.3) is 5.92 Å². The van der Waals surface area contributed by atoms with Crippen molar-refractivity contribution in [2.45, 2.75) is 5.92 Å². The standard InChI is InChI=1S/C11H9F2N3O2/c12-11(13)5-15(6-11)9-4-7(10(17)18)3-8-1-2-14-16(8)9/h1-4H,5-6H2,(H,17,18). The van der Waals surface area contributed by atoms with Crippen LogP contribution in [0.4, 0.5) is 14.6 Å². The molecule has 1 saturated heterocycles. The summed E-state index contributed by atoms with van der Waals surface area (Å²) in [7, 11) is 0. The van der Waals surface area contributed by atoms with Gasteiger partial charge in [-0.3, -0.25) is 0 Å². The molecule has 0 radical (unpaired) electrons. The van der Waals surface area contributed by atoms with Crippen LogP contribution in [-0.2, 0) is 0 Å². The molecule has 0 spiro atoms. The highest BCUT2D eigenvalue weighted by Gasteiger charge is 2.45. The number of carboxylic acid groups (broad SMARTS) is 1. The Morgan fingerprint density at radius 1 is 1.39 bits per heavy atom. The lowest BCUT2D eigenvalue weighted by molar-refractivity contribution is -0.0268. The molecule has 0 bridgehead atoms. The van der Waals surface area contributed by atoms with Crippen molar-refractivity contribution in [3.05, 3.63) is 30.0 Å². The molecule has 5 nitrogen and oxygen atoms in total. The van der Waals surface area contributed by atoms with Gasteiger partial charge in [0.2, 0.25) is 0 Å². The van der Waals surface area contributed by atoms with Crippen LogP contribution in [-0.4, -0.2) is 39.7 Å². The number of anilines is 1. The van der Waals surface area contributed by atoms with Crippen molar-refractivity contribution in [3.63, 3.8) is 0 Å². The fourth-order valence-corrected chi connectivity index (χ4v) is 2.04. The molecular formula is C11H9F2N3O2. The minimum absolute atomic E-state index is 0.0632. The maximum absolute atomic E-state index is 12.9. The van der Waals surface area contributed by atoms with E-state index in [1.807, 2.05) is 0 Å². The third-order valence-corrected chi connectivity index (χ3v) is 2.89. The average molecular weight is 253 g/mol. The Morgan fingerprint density at radius 3 is 2.72 bits per heavy atom. The Morgan fingerprint density at radius 2 is 2.11 bits per heavy atom. The van der Waals surface area contributed by atoms with Gasteiger partial charge >= 0.3 is 5.97 Å². The minimum Gasteiger partial charge on any atom is -0.478 e. The molecule has 1 fully saturated rings. The Kier molecular flexibility index (Phi) is 2.07. The third-order valence-electron chi connectivity index (χ3n) is 2.89. The second-order valence-electron chi connectivity index (χ2n) is 4.29. The number of hydrogen-bond acceptors (Lipinski definition) is 3. The molecule has 1 aliphatic heterocycles. The number of carbonyl (C=O) groups is 1. The van der Waals surface area contributed by atoms with Crippen molar-refractivity contribution >= 4 is 17.3 Å². The molecule has 94 valence electrons. The Labute approximate surface area is 100 Å². The number of aromatic carboxylic acids is 1. The summed E-state index contributed by atoms with van der Waals surface area (Å²) in [4.78, 5) is 12.4. The zero-order valence-corrected chi connectivity index (χ0v) is 9.18. The molecule has 1 N–H and O–H groups in total. The molecule has 0 aliphatic carbocycles. The van der Waals surface area contributed by atoms with E-state index in [4.69, 9.17) is 5.11 Å². The van der Waals surface area contributed by atoms with E-state index in [2.05, 4.69) is 5.10 Å². The van der Waals surface area contributed by atoms with Crippen LogP contribution in [0.25, 0.3) is 5.52 Å². The van der Waals surface area contributed by atoms with Gasteiger partial charge in [0.15, 0.2) is 0 Å². The van der Waals surface area contributed by atoms with Crippen LogP contribution in [0.3, 0.4) is 0 Å². The first kappa shape index (κ1) is 10.9. The van der Waals surface area contributed by atoms with Crippen LogP contribution < -0.4 is 4.90 Å². The van der Waals surface area contributed by atoms with Gasteiger partial charge < -0.3 is 10.0 Å². The lowest BCUT2D eigenvalue weighted by atomic mass is 10.1. The Balaban J connectivity index is 2.09. The summed E-state index contributed by atoms with van der Waals surface area (Å²) < 4.78 is 27.2. The van der Waals surface area contributed by atoms with Crippen molar-refractivity contribution in [1.29, 1.82) is 0 Å². The summed E-state index contributed by atoms with van der Waals surface area (Å²) >= 11 is 0. The first-order valence-electron chi connectivity index (χ1n) is 5.30. The summed E-state index contributed by atoms with van der Waals surface area (Å²) in [5.41, 5.74) is 0.633. The normalized spacial score (nSPS) is 17.8. The summed E-state index contributed by atoms with van der Waals surface area (Å²) in [5.74, 6) is -3.42. The number of aromatic nitrogens is 2. The molecule has 18 heavy (non-hydrogen) atoms. The zero-order valence-electron chi connectivity index (χ0n) is 9.18. The number of rotatable bonds is 2. The van der Waals surface area contributed by atoms with Crippen LogP contribution in [0.1, 0.15) is 10.4 Å². The summed E-state index contributed by atoms with van der Waals surface area (Å²) in [6, 6.07) is 4.45. The highest BCUT2D eigenvalue weighted by atomic mass is 19.3. The highest BCUT2D eigenvalue weighted by molar-refractivity contribution is 5.90. The van der Waals surface area contributed by atoms with Crippen LogP contribution >= 0.6 is 0 Å². The largest absolute Gasteiger partial charge is 0.478 e. The van der Waals surface area contributed by atoms with Crippen molar-refractivity contribution < 1.29 is 18.7 Å². The van der Waals surface area contributed by atoms with Gasteiger partial charge in [0.1, 0.15) is 5.82 Å². The van der Waals surface area contributed by atoms with Gasteiger partial charge in [0, 0.05) is 0 Å². The van der Waals surface area contributed by atoms with E-state index < -0.39 is 25.0 Å². The van der Waals surface area contributed by atoms with Crippen molar-refractivity contribution in [1.82, 2.24) is 9.61 Å². The third kappa shape index (κ3) is 1.59. The van der Waals surface area contributed by atoms with Gasteiger partial charge in [-0.1, -0.05) is 0 Å². The van der Waals surface area contributed by atoms with E-state index in [-0.39, 0.29) is 5.56 Å². The molecule has 0 amide bonds. The molecule has 0 saturated carbocycles. The maximum atomic E-state index is 12.9. The number of halogens is 2. The lowest BCUT2D eigenvalue weighted by Crippen LogP contribution is -2.57. The lowest BCUT2D eigenvalue weighted by Gasteiger charge is -2.40. The van der Waals surface area contributed by atoms with E-state index in [0.29, 0.717) is 11.3 Å². The Bertz CT molecular complexity index is 630. The Hall–Kier alpha value is -2.18. The monoisotopic (exact) mass is 253 g/mol. The molecular weight excluding hydrogens is 244 g/mol. The second kappa shape index (κ2) is 3.41. The van der Waals surface area contributed by atoms with E-state index in [9.17, 15) is 13.6 Å². The SMILES string of the molecule is O=C(O)c1cc(N2CC(F)(F)C2)n2nccc2c1. The van der Waals surface area contributed by atoms with Crippen molar-refractivity contribution in [3.8, 4) is 0 Å². The topological polar surface area (TPSA) is 57.8 Å². The van der Waals surface area contributed by atoms with E-state index in [1.165, 1.54) is 27.7 Å². The minimum atomic E-state index is -2.71.